The van der Waals surface area contributed by atoms with Crippen LogP contribution in [0, 0.1) is 0 Å². The van der Waals surface area contributed by atoms with Crippen molar-refractivity contribution in [3.8, 4) is 0 Å². The van der Waals surface area contributed by atoms with Crippen LogP contribution in [0.5, 0.6) is 0 Å². The molecule has 1 aromatic carbocycles. The van der Waals surface area contributed by atoms with Crippen LogP contribution in [0.1, 0.15) is 5.82 Å². The van der Waals surface area contributed by atoms with E-state index in [-0.39, 0.29) is 0 Å². The quantitative estimate of drug-likeness (QED) is 0.682. The minimum atomic E-state index is 0.730. The van der Waals surface area contributed by atoms with E-state index < -0.39 is 0 Å². The number of hydrogen-bond acceptors (Lipinski definition) is 2. The van der Waals surface area contributed by atoms with Crippen molar-refractivity contribution in [2.45, 2.75) is 6.54 Å². The molecule has 0 saturated carbocycles. The maximum atomic E-state index is 4.32. The molecule has 15 heavy (non-hydrogen) atoms. The monoisotopic (exact) mass is 198 g/mol. The van der Waals surface area contributed by atoms with Crippen LogP contribution < -0.4 is 0 Å². The summed E-state index contributed by atoms with van der Waals surface area (Å²) in [6.45, 7) is 0.730. The van der Waals surface area contributed by atoms with E-state index in [0.29, 0.717) is 0 Å². The maximum Gasteiger partial charge on any atom is 0.126 e. The Hall–Kier alpha value is -2.10. The molecule has 0 bridgehead atoms. The van der Waals surface area contributed by atoms with Gasteiger partial charge in [-0.3, -0.25) is 0 Å². The van der Waals surface area contributed by atoms with Gasteiger partial charge in [-0.15, -0.1) is 0 Å². The van der Waals surface area contributed by atoms with Gasteiger partial charge in [0.15, 0.2) is 0 Å². The Morgan fingerprint density at radius 3 is 3.00 bits per heavy atom. The number of imidazole rings is 2. The summed E-state index contributed by atoms with van der Waals surface area (Å²) in [5.41, 5.74) is 2.15. The predicted molar refractivity (Wildman–Crippen MR) is 57.4 cm³/mol. The molecule has 0 fully saturated rings. The van der Waals surface area contributed by atoms with Gasteiger partial charge >= 0.3 is 0 Å². The van der Waals surface area contributed by atoms with Gasteiger partial charge in [-0.1, -0.05) is 12.1 Å². The fourth-order valence-corrected chi connectivity index (χ4v) is 1.68. The second kappa shape index (κ2) is 3.24. The summed E-state index contributed by atoms with van der Waals surface area (Å²) in [7, 11) is 0. The SMILES string of the molecule is c1ccc2c(c1)ncn2Cc1ncc[nH]1. The zero-order valence-electron chi connectivity index (χ0n) is 8.09. The molecule has 0 aliphatic rings. The van der Waals surface area contributed by atoms with E-state index in [0.717, 1.165) is 23.4 Å². The third kappa shape index (κ3) is 1.40. The number of fused-ring (bicyclic) bond motifs is 1. The van der Waals surface area contributed by atoms with E-state index in [1.807, 2.05) is 30.7 Å². The third-order valence-electron chi connectivity index (χ3n) is 2.40. The first-order chi connectivity index (χ1) is 7.43. The van der Waals surface area contributed by atoms with Gasteiger partial charge in [0.05, 0.1) is 23.9 Å². The number of aromatic amines is 1. The highest BCUT2D eigenvalue weighted by Gasteiger charge is 2.02. The highest BCUT2D eigenvalue weighted by molar-refractivity contribution is 5.74. The Morgan fingerprint density at radius 1 is 1.20 bits per heavy atom. The van der Waals surface area contributed by atoms with Gasteiger partial charge < -0.3 is 9.55 Å². The molecule has 2 aromatic heterocycles. The largest absolute Gasteiger partial charge is 0.347 e. The Kier molecular flexibility index (Phi) is 1.78. The van der Waals surface area contributed by atoms with Crippen LogP contribution in [0.25, 0.3) is 11.0 Å². The molecule has 0 amide bonds. The number of nitrogens with one attached hydrogen (secondary N) is 1. The summed E-state index contributed by atoms with van der Waals surface area (Å²) in [6, 6.07) is 8.08. The molecule has 0 spiro atoms. The number of aromatic nitrogens is 4. The van der Waals surface area contributed by atoms with Crippen molar-refractivity contribution >= 4 is 11.0 Å². The zero-order valence-corrected chi connectivity index (χ0v) is 8.09. The Balaban J connectivity index is 2.05. The van der Waals surface area contributed by atoms with Crippen LogP contribution in [-0.2, 0) is 6.54 Å². The lowest BCUT2D eigenvalue weighted by molar-refractivity contribution is 0.777. The standard InChI is InChI=1S/C11H10N4/c1-2-4-10-9(3-1)14-8-15(10)7-11-12-5-6-13-11/h1-6,8H,7H2,(H,12,13). The molecule has 0 saturated heterocycles. The number of nitrogens with zero attached hydrogens (tertiary/aromatic N) is 3. The first-order valence-corrected chi connectivity index (χ1v) is 4.81. The summed E-state index contributed by atoms with van der Waals surface area (Å²) in [6.07, 6.45) is 5.43. The Labute approximate surface area is 86.6 Å². The van der Waals surface area contributed by atoms with Gasteiger partial charge in [-0.2, -0.15) is 0 Å². The van der Waals surface area contributed by atoms with E-state index in [9.17, 15) is 0 Å². The van der Waals surface area contributed by atoms with Gasteiger partial charge in [-0.25, -0.2) is 9.97 Å². The lowest BCUT2D eigenvalue weighted by atomic mass is 10.3. The summed E-state index contributed by atoms with van der Waals surface area (Å²) in [5.74, 6) is 0.943. The van der Waals surface area contributed by atoms with Crippen LogP contribution in [0.2, 0.25) is 0 Å². The molecule has 0 atom stereocenters. The van der Waals surface area contributed by atoms with E-state index in [2.05, 4.69) is 25.6 Å². The molecular weight excluding hydrogens is 188 g/mol. The predicted octanol–water partition coefficient (Wildman–Crippen LogP) is 1.81. The smallest absolute Gasteiger partial charge is 0.126 e. The van der Waals surface area contributed by atoms with E-state index in [1.165, 1.54) is 0 Å². The van der Waals surface area contributed by atoms with Crippen LogP contribution in [0.4, 0.5) is 0 Å². The van der Waals surface area contributed by atoms with Crippen LogP contribution in [0.3, 0.4) is 0 Å². The zero-order chi connectivity index (χ0) is 10.1. The van der Waals surface area contributed by atoms with Crippen molar-refractivity contribution in [3.05, 3.63) is 48.8 Å². The van der Waals surface area contributed by atoms with Crippen LogP contribution in [-0.4, -0.2) is 19.5 Å². The molecule has 0 aliphatic carbocycles. The van der Waals surface area contributed by atoms with E-state index in [1.54, 1.807) is 6.20 Å². The van der Waals surface area contributed by atoms with E-state index >= 15 is 0 Å². The van der Waals surface area contributed by atoms with Gasteiger partial charge in [0.1, 0.15) is 5.82 Å². The molecule has 0 aliphatic heterocycles. The van der Waals surface area contributed by atoms with Crippen molar-refractivity contribution in [3.63, 3.8) is 0 Å². The van der Waals surface area contributed by atoms with Gasteiger partial charge in [-0.05, 0) is 12.1 Å². The Morgan fingerprint density at radius 2 is 2.13 bits per heavy atom. The summed E-state index contributed by atoms with van der Waals surface area (Å²) < 4.78 is 2.08. The molecule has 74 valence electrons. The normalized spacial score (nSPS) is 10.9. The average molecular weight is 198 g/mol. The molecule has 3 aromatic rings. The maximum absolute atomic E-state index is 4.32. The van der Waals surface area contributed by atoms with Gasteiger partial charge in [0, 0.05) is 12.4 Å². The van der Waals surface area contributed by atoms with Crippen LogP contribution in [0.15, 0.2) is 43.0 Å². The number of H-pyrrole nitrogens is 1. The van der Waals surface area contributed by atoms with Crippen molar-refractivity contribution < 1.29 is 0 Å². The van der Waals surface area contributed by atoms with Crippen molar-refractivity contribution in [1.29, 1.82) is 0 Å². The summed E-state index contributed by atoms with van der Waals surface area (Å²) in [5, 5.41) is 0. The fourth-order valence-electron chi connectivity index (χ4n) is 1.68. The minimum Gasteiger partial charge on any atom is -0.347 e. The third-order valence-corrected chi connectivity index (χ3v) is 2.40. The lowest BCUT2D eigenvalue weighted by Gasteiger charge is -2.00. The van der Waals surface area contributed by atoms with Crippen molar-refractivity contribution in [1.82, 2.24) is 19.5 Å². The molecule has 3 rings (SSSR count). The molecule has 1 N–H and O–H groups in total. The Bertz CT molecular complexity index is 565. The molecule has 0 radical (unpaired) electrons. The minimum absolute atomic E-state index is 0.730. The average Bonchev–Trinajstić information content (AvgIpc) is 2.89. The first-order valence-electron chi connectivity index (χ1n) is 4.81. The molecular formula is C11H10N4. The summed E-state index contributed by atoms with van der Waals surface area (Å²) >= 11 is 0. The molecule has 4 nitrogen and oxygen atoms in total. The second-order valence-corrected chi connectivity index (χ2v) is 3.40. The molecule has 4 heteroatoms. The fraction of sp³-hybridized carbons (Fsp3) is 0.0909. The molecule has 0 unspecified atom stereocenters. The van der Waals surface area contributed by atoms with Crippen molar-refractivity contribution in [2.24, 2.45) is 0 Å². The topological polar surface area (TPSA) is 46.5 Å². The number of hydrogen-bond donors (Lipinski definition) is 1. The van der Waals surface area contributed by atoms with E-state index in [4.69, 9.17) is 0 Å². The van der Waals surface area contributed by atoms with Crippen LogP contribution >= 0.6 is 0 Å². The van der Waals surface area contributed by atoms with Gasteiger partial charge in [0.25, 0.3) is 0 Å². The second-order valence-electron chi connectivity index (χ2n) is 3.40. The van der Waals surface area contributed by atoms with Gasteiger partial charge in [0.2, 0.25) is 0 Å². The number of para-hydroxylation sites is 2. The molecule has 2 heterocycles. The number of rotatable bonds is 2. The highest BCUT2D eigenvalue weighted by Crippen LogP contribution is 2.12. The lowest BCUT2D eigenvalue weighted by Crippen LogP contribution is -1.99. The summed E-state index contributed by atoms with van der Waals surface area (Å²) in [4.78, 5) is 11.6. The van der Waals surface area contributed by atoms with Crippen molar-refractivity contribution in [2.75, 3.05) is 0 Å². The highest BCUT2D eigenvalue weighted by atomic mass is 15.1. The first kappa shape index (κ1) is 8.23. The number of benzene rings is 1.